The number of nitrogens with one attached hydrogen (secondary N) is 2. The van der Waals surface area contributed by atoms with Crippen LogP contribution in [0.4, 0.5) is 17.6 Å². The van der Waals surface area contributed by atoms with Crippen LogP contribution in [0.2, 0.25) is 5.02 Å². The first-order valence-corrected chi connectivity index (χ1v) is 7.55. The van der Waals surface area contributed by atoms with Gasteiger partial charge in [-0.25, -0.2) is 5.84 Å². The van der Waals surface area contributed by atoms with E-state index in [1.807, 2.05) is 26.0 Å². The summed E-state index contributed by atoms with van der Waals surface area (Å²) in [5.74, 6) is 5.90. The number of benzene rings is 1. The molecule has 1 aromatic carbocycles. The fraction of sp³-hybridized carbons (Fsp3) is 0.250. The minimum Gasteiger partial charge on any atom is -0.461 e. The van der Waals surface area contributed by atoms with Gasteiger partial charge < -0.3 is 10.1 Å². The van der Waals surface area contributed by atoms with Gasteiger partial charge in [0.25, 0.3) is 0 Å². The third-order valence-electron chi connectivity index (χ3n) is 2.26. The summed E-state index contributed by atoms with van der Waals surface area (Å²) in [5, 5.41) is 3.74. The summed E-state index contributed by atoms with van der Waals surface area (Å²) in [6.07, 6.45) is -0.0541. The zero-order valence-electron chi connectivity index (χ0n) is 11.4. The maximum atomic E-state index is 5.93. The minimum absolute atomic E-state index is 0.0541. The Hall–Kier alpha value is -1.39. The van der Waals surface area contributed by atoms with Crippen molar-refractivity contribution in [2.75, 3.05) is 10.7 Å². The highest BCUT2D eigenvalue weighted by Gasteiger charge is 2.10. The van der Waals surface area contributed by atoms with Gasteiger partial charge in [0, 0.05) is 8.59 Å². The first-order chi connectivity index (χ1) is 9.97. The van der Waals surface area contributed by atoms with Crippen molar-refractivity contribution in [3.63, 3.8) is 0 Å². The van der Waals surface area contributed by atoms with Gasteiger partial charge in [0.2, 0.25) is 11.9 Å². The Morgan fingerprint density at radius 2 is 1.95 bits per heavy atom. The third kappa shape index (κ3) is 4.55. The molecule has 9 heteroatoms. The number of hydrazine groups is 1. The van der Waals surface area contributed by atoms with Crippen molar-refractivity contribution in [3.8, 4) is 6.01 Å². The smallest absolute Gasteiger partial charge is 0.323 e. The number of halogens is 2. The Labute approximate surface area is 140 Å². The van der Waals surface area contributed by atoms with Crippen LogP contribution in [0.15, 0.2) is 18.2 Å². The molecule has 0 unspecified atom stereocenters. The molecule has 7 nitrogen and oxygen atoms in total. The van der Waals surface area contributed by atoms with E-state index in [1.165, 1.54) is 0 Å². The number of nitrogens with zero attached hydrogens (tertiary/aromatic N) is 3. The molecule has 112 valence electrons. The van der Waals surface area contributed by atoms with Crippen LogP contribution in [0.5, 0.6) is 6.01 Å². The number of nitrogens with two attached hydrogens (primary N) is 1. The molecule has 0 atom stereocenters. The van der Waals surface area contributed by atoms with Crippen LogP contribution in [0.25, 0.3) is 0 Å². The summed E-state index contributed by atoms with van der Waals surface area (Å²) < 4.78 is 6.40. The van der Waals surface area contributed by atoms with E-state index in [0.717, 1.165) is 9.26 Å². The Morgan fingerprint density at radius 3 is 2.57 bits per heavy atom. The normalized spacial score (nSPS) is 10.6. The molecule has 1 heterocycles. The third-order valence-corrected chi connectivity index (χ3v) is 3.39. The Kier molecular flexibility index (Phi) is 5.37. The molecule has 0 fully saturated rings. The minimum atomic E-state index is -0.0541. The van der Waals surface area contributed by atoms with Gasteiger partial charge in [-0.1, -0.05) is 11.6 Å². The quantitative estimate of drug-likeness (QED) is 0.389. The Morgan fingerprint density at radius 1 is 1.24 bits per heavy atom. The van der Waals surface area contributed by atoms with Crippen LogP contribution in [-0.4, -0.2) is 21.1 Å². The summed E-state index contributed by atoms with van der Waals surface area (Å²) in [7, 11) is 0. The van der Waals surface area contributed by atoms with Crippen molar-refractivity contribution >= 4 is 51.8 Å². The van der Waals surface area contributed by atoms with Crippen molar-refractivity contribution in [2.24, 2.45) is 5.84 Å². The predicted octanol–water partition coefficient (Wildman–Crippen LogP) is 2.95. The Bertz CT molecular complexity index is 639. The molecule has 1 aromatic heterocycles. The molecule has 0 aliphatic carbocycles. The zero-order chi connectivity index (χ0) is 15.4. The van der Waals surface area contributed by atoms with E-state index in [1.54, 1.807) is 6.07 Å². The molecular formula is C12H14ClIN6O. The lowest BCUT2D eigenvalue weighted by Gasteiger charge is -2.12. The van der Waals surface area contributed by atoms with Gasteiger partial charge in [-0.15, -0.1) is 0 Å². The van der Waals surface area contributed by atoms with E-state index in [4.69, 9.17) is 22.2 Å². The van der Waals surface area contributed by atoms with Crippen LogP contribution in [0.3, 0.4) is 0 Å². The van der Waals surface area contributed by atoms with Crippen molar-refractivity contribution in [1.82, 2.24) is 15.0 Å². The van der Waals surface area contributed by atoms with Gasteiger partial charge >= 0.3 is 6.01 Å². The van der Waals surface area contributed by atoms with Crippen LogP contribution in [-0.2, 0) is 0 Å². The van der Waals surface area contributed by atoms with Crippen LogP contribution >= 0.6 is 34.2 Å². The van der Waals surface area contributed by atoms with Gasteiger partial charge in [0.1, 0.15) is 0 Å². The van der Waals surface area contributed by atoms with Gasteiger partial charge in [0.15, 0.2) is 0 Å². The van der Waals surface area contributed by atoms with Crippen molar-refractivity contribution < 1.29 is 4.74 Å². The second-order valence-electron chi connectivity index (χ2n) is 4.33. The van der Waals surface area contributed by atoms with Crippen LogP contribution < -0.4 is 21.3 Å². The Balaban J connectivity index is 2.29. The molecule has 0 aliphatic rings. The van der Waals surface area contributed by atoms with E-state index in [0.29, 0.717) is 11.0 Å². The number of rotatable bonds is 5. The summed E-state index contributed by atoms with van der Waals surface area (Å²) in [6, 6.07) is 5.64. The first-order valence-electron chi connectivity index (χ1n) is 6.09. The number of hydrogen-bond donors (Lipinski definition) is 3. The van der Waals surface area contributed by atoms with Gasteiger partial charge in [-0.3, -0.25) is 5.43 Å². The number of nitrogen functional groups attached to an aromatic ring is 1. The number of anilines is 3. The molecule has 0 saturated carbocycles. The fourth-order valence-corrected chi connectivity index (χ4v) is 2.46. The molecule has 2 rings (SSSR count). The molecule has 21 heavy (non-hydrogen) atoms. The topological polar surface area (TPSA) is 98.0 Å². The number of ether oxygens (including phenoxy) is 1. The molecular weight excluding hydrogens is 407 g/mol. The van der Waals surface area contributed by atoms with E-state index in [-0.39, 0.29) is 18.1 Å². The average Bonchev–Trinajstić information content (AvgIpc) is 2.41. The van der Waals surface area contributed by atoms with E-state index >= 15 is 0 Å². The van der Waals surface area contributed by atoms with Crippen molar-refractivity contribution in [1.29, 1.82) is 0 Å². The molecule has 2 aromatic rings. The monoisotopic (exact) mass is 420 g/mol. The highest BCUT2D eigenvalue weighted by molar-refractivity contribution is 14.1. The van der Waals surface area contributed by atoms with Crippen molar-refractivity contribution in [3.05, 3.63) is 26.8 Å². The highest BCUT2D eigenvalue weighted by atomic mass is 127. The highest BCUT2D eigenvalue weighted by Crippen LogP contribution is 2.25. The summed E-state index contributed by atoms with van der Waals surface area (Å²) >= 11 is 8.10. The second-order valence-corrected chi connectivity index (χ2v) is 5.92. The maximum Gasteiger partial charge on any atom is 0.323 e. The summed E-state index contributed by atoms with van der Waals surface area (Å²) in [5.41, 5.74) is 3.21. The lowest BCUT2D eigenvalue weighted by molar-refractivity contribution is 0.222. The molecule has 0 saturated heterocycles. The van der Waals surface area contributed by atoms with Crippen LogP contribution in [0, 0.1) is 3.57 Å². The largest absolute Gasteiger partial charge is 0.461 e. The maximum absolute atomic E-state index is 5.93. The average molecular weight is 421 g/mol. The molecule has 0 bridgehead atoms. The van der Waals surface area contributed by atoms with Gasteiger partial charge in [0.05, 0.1) is 11.8 Å². The molecule has 0 radical (unpaired) electrons. The van der Waals surface area contributed by atoms with Gasteiger partial charge in [-0.2, -0.15) is 15.0 Å². The van der Waals surface area contributed by atoms with E-state index < -0.39 is 0 Å². The number of aromatic nitrogens is 3. The lowest BCUT2D eigenvalue weighted by Crippen LogP contribution is -2.15. The molecule has 0 aliphatic heterocycles. The SMILES string of the molecule is CC(C)Oc1nc(NN)nc(Nc2ccc(Cl)cc2I)n1. The molecule has 0 amide bonds. The fourth-order valence-electron chi connectivity index (χ4n) is 1.45. The number of hydrogen-bond acceptors (Lipinski definition) is 7. The van der Waals surface area contributed by atoms with Crippen molar-refractivity contribution in [2.45, 2.75) is 20.0 Å². The van der Waals surface area contributed by atoms with E-state index in [2.05, 4.69) is 48.3 Å². The van der Waals surface area contributed by atoms with Crippen LogP contribution in [0.1, 0.15) is 13.8 Å². The lowest BCUT2D eigenvalue weighted by atomic mass is 10.3. The molecule has 0 spiro atoms. The summed E-state index contributed by atoms with van der Waals surface area (Å²) in [4.78, 5) is 12.4. The standard InChI is InChI=1S/C12H14ClIN6O/c1-6(2)21-12-18-10(17-11(19-12)20-15)16-9-4-3-7(13)5-8(9)14/h3-6H,15H2,1-2H3,(H2,16,17,18,19,20). The van der Waals surface area contributed by atoms with E-state index in [9.17, 15) is 0 Å². The second kappa shape index (κ2) is 7.05. The zero-order valence-corrected chi connectivity index (χ0v) is 14.3. The first kappa shape index (κ1) is 16.0. The predicted molar refractivity (Wildman–Crippen MR) is 90.9 cm³/mol. The summed E-state index contributed by atoms with van der Waals surface area (Å²) in [6.45, 7) is 3.77. The van der Waals surface area contributed by atoms with Gasteiger partial charge in [-0.05, 0) is 54.6 Å². The molecule has 4 N–H and O–H groups in total.